The molecule has 0 spiro atoms. The number of rotatable bonds is 8. The van der Waals surface area contributed by atoms with Gasteiger partial charge in [-0.25, -0.2) is 4.79 Å². The van der Waals surface area contributed by atoms with Gasteiger partial charge in [0.05, 0.1) is 12.6 Å². The molecule has 1 heterocycles. The maximum atomic E-state index is 12.1. The van der Waals surface area contributed by atoms with Gasteiger partial charge in [-0.1, -0.05) is 13.8 Å². The highest BCUT2D eigenvalue weighted by Gasteiger charge is 2.38. The minimum absolute atomic E-state index is 0.266. The molecule has 1 fully saturated rings. The molecule has 0 radical (unpaired) electrons. The fraction of sp³-hybridized carbons (Fsp3) is 0.882. The summed E-state index contributed by atoms with van der Waals surface area (Å²) in [5, 5.41) is 15.5. The van der Waals surface area contributed by atoms with E-state index in [2.05, 4.69) is 10.7 Å². The molecule has 0 aromatic rings. The lowest BCUT2D eigenvalue weighted by Crippen LogP contribution is -2.54. The Morgan fingerprint density at radius 1 is 1.46 bits per heavy atom. The van der Waals surface area contributed by atoms with Crippen LogP contribution in [0.3, 0.4) is 0 Å². The molecule has 152 valence electrons. The Labute approximate surface area is 162 Å². The Morgan fingerprint density at radius 3 is 2.58 bits per heavy atom. The van der Waals surface area contributed by atoms with Crippen molar-refractivity contribution in [2.24, 2.45) is 5.92 Å². The van der Waals surface area contributed by atoms with Crippen LogP contribution >= 0.6 is 12.2 Å². The molecule has 1 rings (SSSR count). The number of carbonyl (C=O) groups is 1. The number of alkyl carbamates (subject to hydrolysis) is 1. The zero-order valence-corrected chi connectivity index (χ0v) is 17.7. The van der Waals surface area contributed by atoms with Crippen molar-refractivity contribution in [2.45, 2.75) is 65.0 Å². The van der Waals surface area contributed by atoms with E-state index < -0.39 is 30.1 Å². The predicted molar refractivity (Wildman–Crippen MR) is 104 cm³/mol. The molecule has 3 atom stereocenters. The van der Waals surface area contributed by atoms with Gasteiger partial charge in [-0.3, -0.25) is 5.01 Å². The highest BCUT2D eigenvalue weighted by molar-refractivity contribution is 7.80. The van der Waals surface area contributed by atoms with E-state index in [1.807, 2.05) is 32.8 Å². The summed E-state index contributed by atoms with van der Waals surface area (Å²) in [7, 11) is 3.94. The molecular weight excluding hydrogens is 356 g/mol. The average molecular weight is 391 g/mol. The van der Waals surface area contributed by atoms with Crippen molar-refractivity contribution in [3.8, 4) is 0 Å². The second kappa shape index (κ2) is 9.68. The van der Waals surface area contributed by atoms with Gasteiger partial charge in [-0.05, 0) is 59.4 Å². The van der Waals surface area contributed by atoms with Crippen LogP contribution in [-0.2, 0) is 9.47 Å². The van der Waals surface area contributed by atoms with Gasteiger partial charge in [0.1, 0.15) is 11.7 Å². The zero-order valence-electron chi connectivity index (χ0n) is 16.9. The van der Waals surface area contributed by atoms with Crippen molar-refractivity contribution in [1.29, 1.82) is 0 Å². The number of aliphatic hydroxyl groups excluding tert-OH is 1. The molecule has 1 aliphatic heterocycles. The Morgan fingerprint density at radius 2 is 2.08 bits per heavy atom. The number of likely N-dealkylation sites (N-methyl/N-ethyl adjacent to an activating group) is 1. The van der Waals surface area contributed by atoms with Gasteiger partial charge in [-0.15, -0.1) is 0 Å². The summed E-state index contributed by atoms with van der Waals surface area (Å²) in [5.41, 5.74) is 2.47. The number of amides is 1. The summed E-state index contributed by atoms with van der Waals surface area (Å²) >= 11 is 5.22. The Kier molecular flexibility index (Phi) is 8.52. The quantitative estimate of drug-likeness (QED) is 0.535. The number of hydrogen-bond donors (Lipinski definition) is 3. The fourth-order valence-corrected chi connectivity index (χ4v) is 2.72. The van der Waals surface area contributed by atoms with E-state index in [1.165, 1.54) is 0 Å². The first kappa shape index (κ1) is 22.9. The normalized spacial score (nSPS) is 20.3. The molecule has 8 nitrogen and oxygen atoms in total. The van der Waals surface area contributed by atoms with Gasteiger partial charge in [0.15, 0.2) is 6.23 Å². The van der Waals surface area contributed by atoms with Crippen LogP contribution in [0.2, 0.25) is 0 Å². The van der Waals surface area contributed by atoms with Crippen molar-refractivity contribution >= 4 is 23.5 Å². The third-order valence-electron chi connectivity index (χ3n) is 3.65. The molecule has 1 amide bonds. The van der Waals surface area contributed by atoms with Crippen LogP contribution in [0.1, 0.15) is 41.0 Å². The molecule has 1 saturated heterocycles. The molecule has 0 saturated carbocycles. The topological polar surface area (TPSA) is 86.3 Å². The van der Waals surface area contributed by atoms with E-state index >= 15 is 0 Å². The fourth-order valence-electron chi connectivity index (χ4n) is 2.47. The molecule has 9 heteroatoms. The number of aliphatic hydroxyl groups is 1. The van der Waals surface area contributed by atoms with E-state index in [9.17, 15) is 9.90 Å². The van der Waals surface area contributed by atoms with Crippen LogP contribution in [0.25, 0.3) is 0 Å². The average Bonchev–Trinajstić information content (AvgIpc) is 2.82. The number of hydrazine groups is 1. The summed E-state index contributed by atoms with van der Waals surface area (Å²) < 4.78 is 10.9. The molecule has 26 heavy (non-hydrogen) atoms. The van der Waals surface area contributed by atoms with E-state index in [-0.39, 0.29) is 11.1 Å². The maximum absolute atomic E-state index is 12.1. The molecule has 0 aromatic heterocycles. The Hall–Kier alpha value is -1.16. The third-order valence-corrected chi connectivity index (χ3v) is 3.97. The third kappa shape index (κ3) is 8.03. The second-order valence-corrected chi connectivity index (χ2v) is 8.61. The number of carbonyl (C=O) groups excluding carboxylic acids is 1. The first-order valence-electron chi connectivity index (χ1n) is 8.95. The van der Waals surface area contributed by atoms with Crippen LogP contribution in [0, 0.1) is 5.92 Å². The van der Waals surface area contributed by atoms with Gasteiger partial charge in [-0.2, -0.15) is 5.43 Å². The van der Waals surface area contributed by atoms with Gasteiger partial charge >= 0.3 is 6.09 Å². The summed E-state index contributed by atoms with van der Waals surface area (Å²) in [6.07, 6.45) is -1.69. The van der Waals surface area contributed by atoms with Crippen molar-refractivity contribution in [3.63, 3.8) is 0 Å². The van der Waals surface area contributed by atoms with Crippen LogP contribution < -0.4 is 10.7 Å². The standard InChI is InChI=1S/C17H34N4O4S/c1-11(2)10-12(18-15(23)25-17(3,4)5)13(22)14-19-21(16(26)24-14)9-8-20(6)7/h11-14,19,22H,8-10H2,1-7H3,(H,18,23)/t12-,13?,14?/m0/s1. The SMILES string of the molecule is CC(C)C[C@H](NC(=O)OC(C)(C)C)C(O)C1NN(CCN(C)C)C(=S)O1. The molecule has 0 aromatic carbocycles. The van der Waals surface area contributed by atoms with Crippen molar-refractivity contribution < 1.29 is 19.4 Å². The van der Waals surface area contributed by atoms with E-state index in [0.717, 1.165) is 6.54 Å². The summed E-state index contributed by atoms with van der Waals surface area (Å²) in [6, 6.07) is -0.529. The van der Waals surface area contributed by atoms with Crippen LogP contribution in [0.15, 0.2) is 0 Å². The van der Waals surface area contributed by atoms with Gasteiger partial charge in [0.2, 0.25) is 0 Å². The summed E-state index contributed by atoms with van der Waals surface area (Å²) in [5.74, 6) is 0.266. The first-order valence-corrected chi connectivity index (χ1v) is 9.36. The molecule has 3 N–H and O–H groups in total. The van der Waals surface area contributed by atoms with E-state index in [0.29, 0.717) is 13.0 Å². The Balaban J connectivity index is 2.72. The zero-order chi connectivity index (χ0) is 20.1. The highest BCUT2D eigenvalue weighted by Crippen LogP contribution is 2.17. The van der Waals surface area contributed by atoms with E-state index in [4.69, 9.17) is 21.7 Å². The summed E-state index contributed by atoms with van der Waals surface area (Å²) in [6.45, 7) is 10.8. The predicted octanol–water partition coefficient (Wildman–Crippen LogP) is 1.30. The minimum Gasteiger partial charge on any atom is -0.446 e. The van der Waals surface area contributed by atoms with E-state index in [1.54, 1.807) is 25.8 Å². The molecule has 0 aliphatic carbocycles. The lowest BCUT2D eigenvalue weighted by Gasteiger charge is -2.30. The lowest BCUT2D eigenvalue weighted by atomic mass is 9.98. The molecular formula is C17H34N4O4S. The van der Waals surface area contributed by atoms with Crippen molar-refractivity contribution in [2.75, 3.05) is 27.2 Å². The van der Waals surface area contributed by atoms with Crippen LogP contribution in [0.5, 0.6) is 0 Å². The maximum Gasteiger partial charge on any atom is 0.407 e. The van der Waals surface area contributed by atoms with Gasteiger partial charge in [0.25, 0.3) is 5.17 Å². The summed E-state index contributed by atoms with van der Waals surface area (Å²) in [4.78, 5) is 14.2. The first-order chi connectivity index (χ1) is 11.9. The van der Waals surface area contributed by atoms with Crippen LogP contribution in [-0.4, -0.2) is 77.4 Å². The van der Waals surface area contributed by atoms with Crippen molar-refractivity contribution in [3.05, 3.63) is 0 Å². The van der Waals surface area contributed by atoms with Gasteiger partial charge in [0, 0.05) is 6.54 Å². The number of ether oxygens (including phenoxy) is 2. The number of nitrogens with zero attached hydrogens (tertiary/aromatic N) is 2. The molecule has 1 aliphatic rings. The molecule has 2 unspecified atom stereocenters. The lowest BCUT2D eigenvalue weighted by molar-refractivity contribution is -0.0120. The number of thiocarbonyl (C=S) groups is 1. The highest BCUT2D eigenvalue weighted by atomic mass is 32.1. The second-order valence-electron chi connectivity index (χ2n) is 8.26. The van der Waals surface area contributed by atoms with Crippen LogP contribution in [0.4, 0.5) is 4.79 Å². The monoisotopic (exact) mass is 390 g/mol. The minimum atomic E-state index is -0.979. The van der Waals surface area contributed by atoms with Gasteiger partial charge < -0.3 is 24.8 Å². The largest absolute Gasteiger partial charge is 0.446 e. The number of nitrogens with one attached hydrogen (secondary N) is 2. The molecule has 0 bridgehead atoms. The number of hydrogen-bond acceptors (Lipinski definition) is 7. The Bertz CT molecular complexity index is 482. The smallest absolute Gasteiger partial charge is 0.407 e. The van der Waals surface area contributed by atoms with Crippen molar-refractivity contribution in [1.82, 2.24) is 20.7 Å².